The molecule has 5 heterocycles. The maximum atomic E-state index is 14.6. The lowest BCUT2D eigenvalue weighted by atomic mass is 9.81. The maximum Gasteiger partial charge on any atom is 0.312 e. The number of amides is 1. The largest absolute Gasteiger partial charge is 0.507 e. The number of aliphatic hydroxyl groups is 3. The number of benzene rings is 1. The quantitative estimate of drug-likeness (QED) is 0.254. The molecule has 5 bridgehead atoms. The van der Waals surface area contributed by atoms with Crippen LogP contribution in [0.4, 0.5) is 0 Å². The van der Waals surface area contributed by atoms with Gasteiger partial charge in [-0.2, -0.15) is 0 Å². The summed E-state index contributed by atoms with van der Waals surface area (Å²) in [6.45, 7) is 16.6. The van der Waals surface area contributed by atoms with Gasteiger partial charge in [-0.1, -0.05) is 52.8 Å². The topological polar surface area (TPSA) is 190 Å². The molecular weight excluding hydrogens is 704 g/mol. The molecule has 0 saturated carbocycles. The lowest BCUT2D eigenvalue weighted by molar-refractivity contribution is -0.116. The maximum absolute atomic E-state index is 14.6. The molecule has 7 atom stereocenters. The van der Waals surface area contributed by atoms with Crippen LogP contribution in [0.25, 0.3) is 0 Å². The van der Waals surface area contributed by atoms with Crippen molar-refractivity contribution in [1.82, 2.24) is 15.5 Å². The van der Waals surface area contributed by atoms with Crippen LogP contribution in [0.15, 0.2) is 52.5 Å². The number of piperidine rings is 1. The monoisotopic (exact) mass is 760 g/mol. The van der Waals surface area contributed by atoms with E-state index < -0.39 is 65.0 Å². The molecule has 0 radical (unpaired) electrons. The number of Topliss-reactive ketones (excluding diaryl/α,β-unsaturated/α-hetero) is 2. The first kappa shape index (κ1) is 40.4. The molecule has 7 rings (SSSR count). The number of carbonyl (C=O) groups is 3. The van der Waals surface area contributed by atoms with Crippen LogP contribution in [0.3, 0.4) is 0 Å². The van der Waals surface area contributed by atoms with E-state index in [1.54, 1.807) is 58.9 Å². The van der Waals surface area contributed by atoms with Gasteiger partial charge in [0.2, 0.25) is 5.78 Å². The zero-order valence-electron chi connectivity index (χ0n) is 33.1. The third kappa shape index (κ3) is 7.39. The number of likely N-dealkylation sites (tertiary alicyclic amines) is 1. The van der Waals surface area contributed by atoms with E-state index in [2.05, 4.69) is 29.4 Å². The Morgan fingerprint density at radius 3 is 2.35 bits per heavy atom. The fourth-order valence-corrected chi connectivity index (χ4v) is 8.30. The first-order valence-electron chi connectivity index (χ1n) is 19.5. The van der Waals surface area contributed by atoms with Gasteiger partial charge < -0.3 is 45.4 Å². The molecular formula is C42H56N4O9. The smallest absolute Gasteiger partial charge is 0.312 e. The van der Waals surface area contributed by atoms with Crippen molar-refractivity contribution in [3.05, 3.63) is 69.8 Å². The van der Waals surface area contributed by atoms with Gasteiger partial charge in [0.05, 0.1) is 47.1 Å². The number of nitrogens with zero attached hydrogens (tertiary/aromatic N) is 2. The third-order valence-corrected chi connectivity index (χ3v) is 11.9. The summed E-state index contributed by atoms with van der Waals surface area (Å²) < 4.78 is 12.1. The van der Waals surface area contributed by atoms with Gasteiger partial charge in [0.25, 0.3) is 11.7 Å². The minimum absolute atomic E-state index is 0.0617. The van der Waals surface area contributed by atoms with Crippen molar-refractivity contribution in [3.8, 4) is 11.5 Å². The number of carbonyl (C=O) groups excluding carboxylic acids is 3. The lowest BCUT2D eigenvalue weighted by Crippen LogP contribution is -2.50. The van der Waals surface area contributed by atoms with E-state index in [1.807, 2.05) is 0 Å². The number of ether oxygens (including phenoxy) is 2. The van der Waals surface area contributed by atoms with Crippen molar-refractivity contribution < 1.29 is 44.3 Å². The molecule has 1 aromatic carbocycles. The summed E-state index contributed by atoms with van der Waals surface area (Å²) in [5, 5.41) is 51.0. The van der Waals surface area contributed by atoms with Gasteiger partial charge in [0.1, 0.15) is 22.9 Å². The molecule has 1 saturated heterocycles. The Morgan fingerprint density at radius 1 is 0.982 bits per heavy atom. The molecule has 1 unspecified atom stereocenters. The first-order chi connectivity index (χ1) is 25.9. The minimum Gasteiger partial charge on any atom is -0.507 e. The molecule has 1 fully saturated rings. The molecule has 5 aliphatic heterocycles. The molecule has 6 N–H and O–H groups in total. The van der Waals surface area contributed by atoms with E-state index >= 15 is 0 Å². The van der Waals surface area contributed by atoms with E-state index in [0.717, 1.165) is 19.6 Å². The highest BCUT2D eigenvalue weighted by Crippen LogP contribution is 2.50. The number of aromatic hydroxyl groups is 1. The van der Waals surface area contributed by atoms with Crippen LogP contribution in [0.2, 0.25) is 0 Å². The number of fused-ring (bicyclic) bond motifs is 13. The number of phenols is 1. The Hall–Kier alpha value is -4.30. The van der Waals surface area contributed by atoms with E-state index in [4.69, 9.17) is 14.5 Å². The molecule has 13 heteroatoms. The van der Waals surface area contributed by atoms with Crippen LogP contribution in [-0.4, -0.2) is 97.9 Å². The fraction of sp³-hybridized carbons (Fsp3) is 0.571. The summed E-state index contributed by atoms with van der Waals surface area (Å²) in [5.74, 6) is -5.05. The third-order valence-electron chi connectivity index (χ3n) is 11.9. The van der Waals surface area contributed by atoms with Crippen LogP contribution < -0.4 is 15.4 Å². The van der Waals surface area contributed by atoms with Crippen molar-refractivity contribution in [1.29, 1.82) is 0 Å². The molecule has 298 valence electrons. The highest BCUT2D eigenvalue weighted by atomic mass is 16.7. The van der Waals surface area contributed by atoms with E-state index in [9.17, 15) is 34.8 Å². The average molecular weight is 761 g/mol. The minimum atomic E-state index is -1.85. The molecule has 55 heavy (non-hydrogen) atoms. The first-order valence-corrected chi connectivity index (χ1v) is 19.5. The number of allylic oxidation sites excluding steroid dienone is 5. The van der Waals surface area contributed by atoms with Crippen molar-refractivity contribution >= 4 is 23.2 Å². The summed E-state index contributed by atoms with van der Waals surface area (Å²) in [7, 11) is 0. The van der Waals surface area contributed by atoms with Crippen LogP contribution in [0.1, 0.15) is 106 Å². The number of aliphatic imine (C=N–C) groups is 1. The lowest BCUT2D eigenvalue weighted by Gasteiger charge is -2.38. The highest BCUT2D eigenvalue weighted by molar-refractivity contribution is 6.34. The van der Waals surface area contributed by atoms with Crippen LogP contribution in [-0.2, 0) is 9.53 Å². The number of nitrogens with one attached hydrogen (secondary N) is 2. The predicted molar refractivity (Wildman–Crippen MR) is 206 cm³/mol. The van der Waals surface area contributed by atoms with Gasteiger partial charge in [0.15, 0.2) is 0 Å². The van der Waals surface area contributed by atoms with Crippen molar-refractivity contribution in [2.75, 3.05) is 19.6 Å². The Morgan fingerprint density at radius 2 is 1.67 bits per heavy atom. The van der Waals surface area contributed by atoms with Crippen molar-refractivity contribution in [3.63, 3.8) is 0 Å². The second-order valence-electron chi connectivity index (χ2n) is 16.6. The predicted octanol–water partition coefficient (Wildman–Crippen LogP) is 4.17. The highest BCUT2D eigenvalue weighted by Gasteiger charge is 2.54. The Bertz CT molecular complexity index is 1900. The van der Waals surface area contributed by atoms with E-state index in [1.165, 1.54) is 13.2 Å². The molecule has 0 aromatic heterocycles. The van der Waals surface area contributed by atoms with Crippen molar-refractivity contribution in [2.45, 2.75) is 111 Å². The molecule has 1 amide bonds. The number of hydrogen-bond acceptors (Lipinski definition) is 12. The van der Waals surface area contributed by atoms with Gasteiger partial charge in [0, 0.05) is 73.9 Å². The number of ketones is 2. The number of rotatable bonds is 2. The number of aliphatic hydroxyl groups excluding tert-OH is 3. The number of phenolic OH excluding ortho intramolecular Hbond substituents is 1. The second-order valence-corrected chi connectivity index (χ2v) is 16.6. The van der Waals surface area contributed by atoms with Gasteiger partial charge in [-0.05, 0) is 38.7 Å². The van der Waals surface area contributed by atoms with E-state index in [0.29, 0.717) is 25.2 Å². The molecule has 6 aliphatic rings. The van der Waals surface area contributed by atoms with Gasteiger partial charge in [-0.3, -0.25) is 19.4 Å². The average Bonchev–Trinajstić information content (AvgIpc) is 3.64. The van der Waals surface area contributed by atoms with E-state index in [-0.39, 0.29) is 62.9 Å². The van der Waals surface area contributed by atoms with Crippen molar-refractivity contribution in [2.24, 2.45) is 28.7 Å². The zero-order valence-corrected chi connectivity index (χ0v) is 33.1. The molecule has 1 aromatic rings. The Kier molecular flexibility index (Phi) is 11.2. The van der Waals surface area contributed by atoms with Gasteiger partial charge in [-0.25, -0.2) is 0 Å². The normalized spacial score (nSPS) is 33.6. The molecule has 1 aliphatic carbocycles. The standard InChI is InChI=1S/C42H56N4O9/c1-21(2)20-46-17-15-42(16-18-46)44-31-28-29-36(50)26(7)38-30(28)39(52)41(8,55-38)54-19-10-9-14-27(47)24(5)35(49)25(6)34(48)22(3)12-11-13-23(4)40(53)43-33(37(29)51)32(31)45-42/h10-13,19,21-22,24-25,27,34-35,45,47-50H,9,14-18,20H2,1-8H3,(H,43,53)/b12-11+,19-10+,23-13-/t22-,24-,25+,27+,34-,35-,41?/m0/s1. The zero-order chi connectivity index (χ0) is 40.1. The summed E-state index contributed by atoms with van der Waals surface area (Å²) in [5.41, 5.74) is 0.104. The summed E-state index contributed by atoms with van der Waals surface area (Å²) in [6, 6.07) is 0. The summed E-state index contributed by atoms with van der Waals surface area (Å²) >= 11 is 0. The molecule has 1 spiro atoms. The fourth-order valence-electron chi connectivity index (χ4n) is 8.30. The molecule has 13 nitrogen and oxygen atoms in total. The van der Waals surface area contributed by atoms with Gasteiger partial charge in [-0.15, -0.1) is 0 Å². The Balaban J connectivity index is 1.46. The van der Waals surface area contributed by atoms with Crippen LogP contribution in [0, 0.1) is 30.6 Å². The van der Waals surface area contributed by atoms with Gasteiger partial charge >= 0.3 is 5.79 Å². The summed E-state index contributed by atoms with van der Waals surface area (Å²) in [6.07, 6.45) is 6.89. The second kappa shape index (κ2) is 15.3. The van der Waals surface area contributed by atoms with Crippen LogP contribution >= 0.6 is 0 Å². The SMILES string of the molecule is C/C1=C/C=C/[C@H](C)[C@H](O)[C@@H](C)[C@@H](O)[C@@H](C)[C@H](O)CC/C=C/OC2(C)Oc3c(C)c(O)c4c(c3C2=O)C2=NC3(CCN(CC(C)C)CC3)NC2=C(NC1=O)C4=O. The summed E-state index contributed by atoms with van der Waals surface area (Å²) in [4.78, 5) is 50.3. The van der Waals surface area contributed by atoms with Crippen LogP contribution in [0.5, 0.6) is 11.5 Å². The number of hydrogen-bond donors (Lipinski definition) is 6. The Labute approximate surface area is 322 Å².